The highest BCUT2D eigenvalue weighted by Crippen LogP contribution is 2.34. The van der Waals surface area contributed by atoms with Crippen molar-refractivity contribution in [1.29, 1.82) is 0 Å². The molecule has 0 fully saturated rings. The van der Waals surface area contributed by atoms with Crippen LogP contribution in [0.4, 0.5) is 5.69 Å². The zero-order valence-corrected chi connectivity index (χ0v) is 17.2. The van der Waals surface area contributed by atoms with Crippen LogP contribution < -0.4 is 5.32 Å². The van der Waals surface area contributed by atoms with Crippen molar-refractivity contribution in [3.63, 3.8) is 0 Å². The molecule has 2 aromatic carbocycles. The van der Waals surface area contributed by atoms with Crippen molar-refractivity contribution in [2.24, 2.45) is 0 Å². The van der Waals surface area contributed by atoms with Crippen LogP contribution in [0.25, 0.3) is 5.69 Å². The number of hydrogen-bond donors (Lipinski definition) is 1. The number of aromatic nitrogens is 1. The predicted octanol–water partition coefficient (Wildman–Crippen LogP) is 3.30. The fourth-order valence-corrected chi connectivity index (χ4v) is 3.94. The maximum Gasteiger partial charge on any atom is 0.255 e. The van der Waals surface area contributed by atoms with E-state index in [0.29, 0.717) is 30.0 Å². The normalized spacial score (nSPS) is 17.7. The molecule has 4 rings (SSSR count). The lowest BCUT2D eigenvalue weighted by Gasteiger charge is -2.38. The number of nitrogens with zero attached hydrogens (tertiary/aromatic N) is 2. The monoisotopic (exact) mass is 413 g/mol. The largest absolute Gasteiger partial charge is 0.383 e. The Bertz CT molecular complexity index is 1110. The molecule has 1 N–H and O–H groups in total. The zero-order chi connectivity index (χ0) is 21.8. The van der Waals surface area contributed by atoms with Gasteiger partial charge in [0, 0.05) is 43.0 Å². The van der Waals surface area contributed by atoms with E-state index in [-0.39, 0.29) is 11.8 Å². The van der Waals surface area contributed by atoms with Gasteiger partial charge in [0.2, 0.25) is 5.91 Å². The lowest BCUT2D eigenvalue weighted by molar-refractivity contribution is -0.118. The first-order valence-corrected chi connectivity index (χ1v) is 10.0. The molecule has 0 saturated carbocycles. The molecule has 3 aromatic rings. The summed E-state index contributed by atoms with van der Waals surface area (Å²) in [4.78, 5) is 27.9. The van der Waals surface area contributed by atoms with Crippen LogP contribution in [-0.2, 0) is 9.53 Å². The Morgan fingerprint density at radius 2 is 1.81 bits per heavy atom. The van der Waals surface area contributed by atoms with E-state index in [4.69, 9.17) is 11.2 Å². The van der Waals surface area contributed by atoms with Crippen LogP contribution in [0.5, 0.6) is 0 Å². The molecule has 1 aliphatic heterocycles. The van der Waals surface area contributed by atoms with E-state index in [1.165, 1.54) is 0 Å². The van der Waals surface area contributed by atoms with Gasteiger partial charge in [0.05, 0.1) is 12.5 Å². The van der Waals surface area contributed by atoms with Crippen LogP contribution in [0.15, 0.2) is 73.1 Å². The fraction of sp³-hybridized carbons (Fsp3) is 0.200. The minimum absolute atomic E-state index is 0.185. The number of terminal acetylenes is 1. The van der Waals surface area contributed by atoms with E-state index < -0.39 is 12.0 Å². The van der Waals surface area contributed by atoms with Gasteiger partial charge in [0.25, 0.3) is 5.91 Å². The van der Waals surface area contributed by atoms with Crippen LogP contribution in [0.1, 0.15) is 21.8 Å². The Morgan fingerprint density at radius 3 is 2.48 bits per heavy atom. The highest BCUT2D eigenvalue weighted by atomic mass is 16.5. The zero-order valence-electron chi connectivity index (χ0n) is 17.2. The summed E-state index contributed by atoms with van der Waals surface area (Å²) in [6.45, 7) is 0.648. The molecule has 156 valence electrons. The lowest BCUT2D eigenvalue weighted by Crippen LogP contribution is -2.51. The van der Waals surface area contributed by atoms with Gasteiger partial charge in [-0.1, -0.05) is 24.1 Å². The molecule has 0 aliphatic carbocycles. The number of nitrogens with one attached hydrogen (secondary N) is 1. The summed E-state index contributed by atoms with van der Waals surface area (Å²) in [6.07, 6.45) is 9.72. The number of fused-ring (bicyclic) bond motifs is 1. The Hall–Kier alpha value is -3.82. The molecular weight excluding hydrogens is 390 g/mol. The van der Waals surface area contributed by atoms with Gasteiger partial charge in [0.1, 0.15) is 6.04 Å². The maximum atomic E-state index is 13.4. The van der Waals surface area contributed by atoms with Gasteiger partial charge in [-0.15, -0.1) is 6.42 Å². The molecule has 2 amide bonds. The summed E-state index contributed by atoms with van der Waals surface area (Å²) in [5, 5.41) is 2.97. The number of amides is 2. The number of carbonyl (C=O) groups excluding carboxylic acids is 2. The number of benzene rings is 2. The molecule has 0 bridgehead atoms. The molecule has 6 heteroatoms. The van der Waals surface area contributed by atoms with Crippen molar-refractivity contribution in [3.8, 4) is 18.0 Å². The first-order chi connectivity index (χ1) is 15.1. The summed E-state index contributed by atoms with van der Waals surface area (Å²) in [6, 6.07) is 17.9. The number of rotatable bonds is 6. The average molecular weight is 413 g/mol. The molecular formula is C25H23N3O3. The summed E-state index contributed by atoms with van der Waals surface area (Å²) < 4.78 is 7.12. The van der Waals surface area contributed by atoms with Gasteiger partial charge in [-0.05, 0) is 48.0 Å². The topological polar surface area (TPSA) is 63.6 Å². The van der Waals surface area contributed by atoms with Gasteiger partial charge < -0.3 is 19.5 Å². The highest BCUT2D eigenvalue weighted by Gasteiger charge is 2.42. The third-order valence-electron chi connectivity index (χ3n) is 5.47. The van der Waals surface area contributed by atoms with Crippen molar-refractivity contribution in [1.82, 2.24) is 9.47 Å². The summed E-state index contributed by atoms with van der Waals surface area (Å²) in [7, 11) is 1.56. The number of hydrogen-bond acceptors (Lipinski definition) is 3. The lowest BCUT2D eigenvalue weighted by atomic mass is 9.82. The van der Waals surface area contributed by atoms with Crippen molar-refractivity contribution >= 4 is 17.5 Å². The van der Waals surface area contributed by atoms with E-state index in [9.17, 15) is 9.59 Å². The molecule has 2 heterocycles. The van der Waals surface area contributed by atoms with Crippen LogP contribution >= 0.6 is 0 Å². The first-order valence-electron chi connectivity index (χ1n) is 10.0. The second-order valence-corrected chi connectivity index (χ2v) is 7.29. The summed E-state index contributed by atoms with van der Waals surface area (Å²) >= 11 is 0. The van der Waals surface area contributed by atoms with Gasteiger partial charge >= 0.3 is 0 Å². The molecule has 1 aliphatic rings. The molecule has 0 radical (unpaired) electrons. The SMILES string of the molecule is C#CC1C(C(=O)Nc2ccc(-n3cccc3)cc2)c2ccccc2C(=O)N1CCOC. The Morgan fingerprint density at radius 1 is 1.10 bits per heavy atom. The van der Waals surface area contributed by atoms with Gasteiger partial charge in [-0.3, -0.25) is 9.59 Å². The van der Waals surface area contributed by atoms with Gasteiger partial charge in [-0.2, -0.15) is 0 Å². The molecule has 31 heavy (non-hydrogen) atoms. The average Bonchev–Trinajstić information content (AvgIpc) is 3.33. The van der Waals surface area contributed by atoms with E-state index >= 15 is 0 Å². The fourth-order valence-electron chi connectivity index (χ4n) is 3.94. The van der Waals surface area contributed by atoms with Crippen molar-refractivity contribution < 1.29 is 14.3 Å². The number of ether oxygens (including phenoxy) is 1. The van der Waals surface area contributed by atoms with Crippen LogP contribution in [0.3, 0.4) is 0 Å². The van der Waals surface area contributed by atoms with Crippen molar-refractivity contribution in [2.45, 2.75) is 12.0 Å². The van der Waals surface area contributed by atoms with E-state index in [2.05, 4.69) is 11.2 Å². The summed E-state index contributed by atoms with van der Waals surface area (Å²) in [5.41, 5.74) is 2.79. The summed E-state index contributed by atoms with van der Waals surface area (Å²) in [5.74, 6) is 1.55. The van der Waals surface area contributed by atoms with Crippen molar-refractivity contribution in [3.05, 3.63) is 84.2 Å². The third kappa shape index (κ3) is 3.96. The highest BCUT2D eigenvalue weighted by molar-refractivity contribution is 6.04. The predicted molar refractivity (Wildman–Crippen MR) is 119 cm³/mol. The second kappa shape index (κ2) is 8.90. The molecule has 2 unspecified atom stereocenters. The minimum Gasteiger partial charge on any atom is -0.383 e. The second-order valence-electron chi connectivity index (χ2n) is 7.29. The van der Waals surface area contributed by atoms with E-state index in [0.717, 1.165) is 5.69 Å². The number of anilines is 1. The standard InChI is InChI=1S/C25H23N3O3/c1-3-22-23(20-8-4-5-9-21(20)25(30)28(22)16-17-31-2)24(29)26-18-10-12-19(13-11-18)27-14-6-7-15-27/h1,4-15,22-23H,16-17H2,2H3,(H,26,29). The molecule has 0 saturated heterocycles. The smallest absolute Gasteiger partial charge is 0.255 e. The Kier molecular flexibility index (Phi) is 5.87. The molecule has 6 nitrogen and oxygen atoms in total. The van der Waals surface area contributed by atoms with Crippen LogP contribution in [-0.4, -0.2) is 47.6 Å². The quantitative estimate of drug-likeness (QED) is 0.631. The van der Waals surface area contributed by atoms with E-state index in [1.807, 2.05) is 59.4 Å². The molecule has 2 atom stereocenters. The van der Waals surface area contributed by atoms with Gasteiger partial charge in [-0.25, -0.2) is 0 Å². The Labute approximate surface area is 181 Å². The number of carbonyl (C=O) groups is 2. The van der Waals surface area contributed by atoms with Crippen LogP contribution in [0.2, 0.25) is 0 Å². The number of methoxy groups -OCH3 is 1. The first kappa shape index (κ1) is 20.5. The van der Waals surface area contributed by atoms with Crippen molar-refractivity contribution in [2.75, 3.05) is 25.6 Å². The maximum absolute atomic E-state index is 13.4. The third-order valence-corrected chi connectivity index (χ3v) is 5.47. The van der Waals surface area contributed by atoms with Crippen LogP contribution in [0, 0.1) is 12.3 Å². The van der Waals surface area contributed by atoms with Gasteiger partial charge in [0.15, 0.2) is 0 Å². The van der Waals surface area contributed by atoms with E-state index in [1.54, 1.807) is 30.2 Å². The molecule has 1 aromatic heterocycles. The Balaban J connectivity index is 1.63. The minimum atomic E-state index is -0.698. The molecule has 0 spiro atoms.